The Hall–Kier alpha value is -4.18. The molecule has 0 aliphatic heterocycles. The van der Waals surface area contributed by atoms with Crippen LogP contribution in [0.5, 0.6) is 0 Å². The average Bonchev–Trinajstić information content (AvgIpc) is 2.98. The SMILES string of the molecule is CC1(C)CC(NC(=O)C(c2ccccc2)c2ccccc2)CC(C)(CNC(=O)C(c2ccccc2)c2ccccc2)C1. The molecule has 4 nitrogen and oxygen atoms in total. The van der Waals surface area contributed by atoms with E-state index in [9.17, 15) is 9.59 Å². The molecule has 5 rings (SSSR count). The zero-order valence-electron chi connectivity index (χ0n) is 24.9. The van der Waals surface area contributed by atoms with Crippen molar-refractivity contribution in [1.82, 2.24) is 10.6 Å². The number of amides is 2. The van der Waals surface area contributed by atoms with Crippen LogP contribution in [0, 0.1) is 10.8 Å². The molecule has 216 valence electrons. The first-order valence-electron chi connectivity index (χ1n) is 15.0. The van der Waals surface area contributed by atoms with E-state index >= 15 is 0 Å². The molecule has 0 saturated heterocycles. The van der Waals surface area contributed by atoms with E-state index in [0.29, 0.717) is 6.54 Å². The Labute approximate surface area is 250 Å². The minimum absolute atomic E-state index is 0.00538. The summed E-state index contributed by atoms with van der Waals surface area (Å²) in [5.74, 6) is -0.720. The van der Waals surface area contributed by atoms with E-state index in [2.05, 4.69) is 31.4 Å². The average molecular weight is 559 g/mol. The fraction of sp³-hybridized carbons (Fsp3) is 0.316. The molecule has 0 radical (unpaired) electrons. The van der Waals surface area contributed by atoms with Crippen LogP contribution >= 0.6 is 0 Å². The van der Waals surface area contributed by atoms with Gasteiger partial charge in [-0.05, 0) is 52.3 Å². The van der Waals surface area contributed by atoms with Gasteiger partial charge in [0.15, 0.2) is 0 Å². The molecular weight excluding hydrogens is 516 g/mol. The van der Waals surface area contributed by atoms with Gasteiger partial charge in [-0.1, -0.05) is 142 Å². The molecule has 0 spiro atoms. The van der Waals surface area contributed by atoms with Crippen molar-refractivity contribution in [3.05, 3.63) is 144 Å². The van der Waals surface area contributed by atoms with Crippen LogP contribution in [0.4, 0.5) is 0 Å². The van der Waals surface area contributed by atoms with Crippen molar-refractivity contribution in [2.45, 2.75) is 57.9 Å². The Morgan fingerprint density at radius 3 is 1.40 bits per heavy atom. The fourth-order valence-electron chi connectivity index (χ4n) is 7.13. The maximum absolute atomic E-state index is 13.9. The molecule has 42 heavy (non-hydrogen) atoms. The Morgan fingerprint density at radius 1 is 0.619 bits per heavy atom. The molecule has 0 aromatic heterocycles. The monoisotopic (exact) mass is 558 g/mol. The summed E-state index contributed by atoms with van der Waals surface area (Å²) in [6.45, 7) is 7.35. The second-order valence-electron chi connectivity index (χ2n) is 13.0. The second kappa shape index (κ2) is 12.8. The summed E-state index contributed by atoms with van der Waals surface area (Å²) in [6, 6.07) is 40.0. The van der Waals surface area contributed by atoms with Crippen molar-refractivity contribution in [2.24, 2.45) is 10.8 Å². The molecular formula is C38H42N2O2. The fourth-order valence-corrected chi connectivity index (χ4v) is 7.13. The number of hydrogen-bond acceptors (Lipinski definition) is 2. The summed E-state index contributed by atoms with van der Waals surface area (Å²) in [5.41, 5.74) is 3.78. The predicted molar refractivity (Wildman–Crippen MR) is 170 cm³/mol. The van der Waals surface area contributed by atoms with Crippen LogP contribution < -0.4 is 10.6 Å². The number of rotatable bonds is 9. The topological polar surface area (TPSA) is 58.2 Å². The van der Waals surface area contributed by atoms with Gasteiger partial charge in [-0.25, -0.2) is 0 Å². The summed E-state index contributed by atoms with van der Waals surface area (Å²) < 4.78 is 0. The third-order valence-electron chi connectivity index (χ3n) is 8.54. The molecule has 1 saturated carbocycles. The van der Waals surface area contributed by atoms with Gasteiger partial charge in [-0.15, -0.1) is 0 Å². The van der Waals surface area contributed by atoms with Crippen LogP contribution in [0.3, 0.4) is 0 Å². The molecule has 1 aliphatic carbocycles. The Morgan fingerprint density at radius 2 is 1.00 bits per heavy atom. The molecule has 1 fully saturated rings. The highest BCUT2D eigenvalue weighted by molar-refractivity contribution is 5.88. The first-order chi connectivity index (χ1) is 20.2. The zero-order chi connectivity index (χ0) is 29.6. The van der Waals surface area contributed by atoms with Crippen LogP contribution in [0.2, 0.25) is 0 Å². The molecule has 2 atom stereocenters. The zero-order valence-corrected chi connectivity index (χ0v) is 24.9. The first-order valence-corrected chi connectivity index (χ1v) is 15.0. The standard InChI is InChI=1S/C38H42N2O2/c1-37(2)24-32(40-36(42)34(30-20-12-6-13-21-30)31-22-14-7-15-23-31)25-38(3,26-37)27-39-35(41)33(28-16-8-4-9-17-28)29-18-10-5-11-19-29/h4-23,32-34H,24-27H2,1-3H3,(H,39,41)(H,40,42). The highest BCUT2D eigenvalue weighted by atomic mass is 16.2. The van der Waals surface area contributed by atoms with Gasteiger partial charge in [0.25, 0.3) is 0 Å². The van der Waals surface area contributed by atoms with Gasteiger partial charge < -0.3 is 10.6 Å². The van der Waals surface area contributed by atoms with Crippen LogP contribution in [0.15, 0.2) is 121 Å². The van der Waals surface area contributed by atoms with E-state index in [1.54, 1.807) is 0 Å². The van der Waals surface area contributed by atoms with Crippen molar-refractivity contribution in [1.29, 1.82) is 0 Å². The minimum atomic E-state index is -0.374. The van der Waals surface area contributed by atoms with Crippen molar-refractivity contribution >= 4 is 11.8 Å². The van der Waals surface area contributed by atoms with E-state index < -0.39 is 0 Å². The quantitative estimate of drug-likeness (QED) is 0.224. The molecule has 4 heteroatoms. The van der Waals surface area contributed by atoms with Crippen LogP contribution in [0.25, 0.3) is 0 Å². The maximum atomic E-state index is 13.9. The molecule has 2 N–H and O–H groups in total. The lowest BCUT2D eigenvalue weighted by atomic mass is 9.62. The summed E-state index contributed by atoms with van der Waals surface area (Å²) in [5, 5.41) is 6.76. The Kier molecular flexibility index (Phi) is 8.91. The molecule has 1 aliphatic rings. The highest BCUT2D eigenvalue weighted by Crippen LogP contribution is 2.46. The lowest BCUT2D eigenvalue weighted by molar-refractivity contribution is -0.124. The maximum Gasteiger partial charge on any atom is 0.232 e. The molecule has 0 heterocycles. The lowest BCUT2D eigenvalue weighted by Crippen LogP contribution is -2.51. The van der Waals surface area contributed by atoms with Gasteiger partial charge in [0, 0.05) is 12.6 Å². The van der Waals surface area contributed by atoms with Crippen molar-refractivity contribution in [3.63, 3.8) is 0 Å². The van der Waals surface area contributed by atoms with Crippen LogP contribution in [-0.2, 0) is 9.59 Å². The lowest BCUT2D eigenvalue weighted by Gasteiger charge is -2.47. The van der Waals surface area contributed by atoms with E-state index in [1.165, 1.54) is 0 Å². The molecule has 2 unspecified atom stereocenters. The third kappa shape index (κ3) is 7.17. The number of carbonyl (C=O) groups excluding carboxylic acids is 2. The summed E-state index contributed by atoms with van der Waals surface area (Å²) in [4.78, 5) is 27.7. The van der Waals surface area contributed by atoms with Crippen molar-refractivity contribution < 1.29 is 9.59 Å². The summed E-state index contributed by atoms with van der Waals surface area (Å²) >= 11 is 0. The van der Waals surface area contributed by atoms with Gasteiger partial charge >= 0.3 is 0 Å². The molecule has 4 aromatic carbocycles. The smallest absolute Gasteiger partial charge is 0.232 e. The van der Waals surface area contributed by atoms with Crippen LogP contribution in [-0.4, -0.2) is 24.4 Å². The number of hydrogen-bond donors (Lipinski definition) is 2. The molecule has 4 aromatic rings. The van der Waals surface area contributed by atoms with Crippen molar-refractivity contribution in [3.8, 4) is 0 Å². The Balaban J connectivity index is 1.32. The van der Waals surface area contributed by atoms with Gasteiger partial charge in [-0.2, -0.15) is 0 Å². The second-order valence-corrected chi connectivity index (χ2v) is 13.0. The van der Waals surface area contributed by atoms with Gasteiger partial charge in [0.1, 0.15) is 0 Å². The van der Waals surface area contributed by atoms with Crippen LogP contribution in [0.1, 0.15) is 74.1 Å². The van der Waals surface area contributed by atoms with E-state index in [0.717, 1.165) is 41.5 Å². The molecule has 2 amide bonds. The number of benzene rings is 4. The highest BCUT2D eigenvalue weighted by Gasteiger charge is 2.42. The van der Waals surface area contributed by atoms with Gasteiger partial charge in [0.2, 0.25) is 11.8 Å². The van der Waals surface area contributed by atoms with Gasteiger partial charge in [-0.3, -0.25) is 9.59 Å². The number of nitrogens with one attached hydrogen (secondary N) is 2. The van der Waals surface area contributed by atoms with Gasteiger partial charge in [0.05, 0.1) is 11.8 Å². The first kappa shape index (κ1) is 29.3. The Bertz CT molecular complexity index is 1380. The van der Waals surface area contributed by atoms with E-state index in [1.807, 2.05) is 121 Å². The normalized spacial score (nSPS) is 19.8. The summed E-state index contributed by atoms with van der Waals surface area (Å²) in [7, 11) is 0. The largest absolute Gasteiger partial charge is 0.355 e. The van der Waals surface area contributed by atoms with E-state index in [4.69, 9.17) is 0 Å². The molecule has 0 bridgehead atoms. The van der Waals surface area contributed by atoms with Crippen molar-refractivity contribution in [2.75, 3.05) is 6.54 Å². The third-order valence-corrected chi connectivity index (χ3v) is 8.54. The summed E-state index contributed by atoms with van der Waals surface area (Å²) in [6.07, 6.45) is 2.67. The minimum Gasteiger partial charge on any atom is -0.355 e. The number of carbonyl (C=O) groups is 2. The predicted octanol–water partition coefficient (Wildman–Crippen LogP) is 7.47. The van der Waals surface area contributed by atoms with E-state index in [-0.39, 0.29) is 40.5 Å².